The first-order valence-corrected chi connectivity index (χ1v) is 7.41. The summed E-state index contributed by atoms with van der Waals surface area (Å²) in [6.07, 6.45) is 7.93. The molecule has 5 atom stereocenters. The molecular weight excluding hydrogens is 232 g/mol. The van der Waals surface area contributed by atoms with Crippen molar-refractivity contribution in [3.05, 3.63) is 0 Å². The van der Waals surface area contributed by atoms with Crippen LogP contribution >= 0.6 is 0 Å². The van der Waals surface area contributed by atoms with Crippen molar-refractivity contribution in [2.45, 2.75) is 75.1 Å². The van der Waals surface area contributed by atoms with Gasteiger partial charge in [0.25, 0.3) is 0 Å². The van der Waals surface area contributed by atoms with E-state index in [0.717, 1.165) is 25.7 Å². The zero-order valence-corrected chi connectivity index (χ0v) is 10.7. The van der Waals surface area contributed by atoms with Gasteiger partial charge < -0.3 is 19.3 Å². The summed E-state index contributed by atoms with van der Waals surface area (Å²) < 4.78 is 17.9. The van der Waals surface area contributed by atoms with Crippen LogP contribution in [0.3, 0.4) is 0 Å². The van der Waals surface area contributed by atoms with Crippen LogP contribution in [0.15, 0.2) is 0 Å². The summed E-state index contributed by atoms with van der Waals surface area (Å²) in [7, 11) is 0. The summed E-state index contributed by atoms with van der Waals surface area (Å²) in [5, 5.41) is 9.86. The first kappa shape index (κ1) is 11.6. The second-order valence-corrected chi connectivity index (χ2v) is 6.37. The maximum atomic E-state index is 9.86. The van der Waals surface area contributed by atoms with Gasteiger partial charge >= 0.3 is 0 Å². The van der Waals surface area contributed by atoms with E-state index in [2.05, 4.69) is 0 Å². The molecule has 1 spiro atoms. The molecule has 0 amide bonds. The van der Waals surface area contributed by atoms with E-state index in [1.807, 2.05) is 0 Å². The molecule has 3 unspecified atom stereocenters. The summed E-state index contributed by atoms with van der Waals surface area (Å²) >= 11 is 0. The third kappa shape index (κ3) is 1.90. The highest BCUT2D eigenvalue weighted by atomic mass is 16.7. The van der Waals surface area contributed by atoms with Crippen LogP contribution in [0.4, 0.5) is 0 Å². The molecule has 0 radical (unpaired) electrons. The lowest BCUT2D eigenvalue weighted by Gasteiger charge is -2.33. The number of aliphatic hydroxyl groups is 1. The normalized spacial score (nSPS) is 50.2. The Hall–Kier alpha value is -0.160. The fourth-order valence-electron chi connectivity index (χ4n) is 4.04. The topological polar surface area (TPSA) is 51.2 Å². The van der Waals surface area contributed by atoms with E-state index in [4.69, 9.17) is 14.2 Å². The van der Waals surface area contributed by atoms with Crippen LogP contribution in [0.5, 0.6) is 0 Å². The first-order chi connectivity index (χ1) is 8.76. The molecule has 2 saturated carbocycles. The van der Waals surface area contributed by atoms with Crippen LogP contribution < -0.4 is 0 Å². The van der Waals surface area contributed by atoms with E-state index < -0.39 is 0 Å². The summed E-state index contributed by atoms with van der Waals surface area (Å²) in [4.78, 5) is 0. The van der Waals surface area contributed by atoms with E-state index in [0.29, 0.717) is 18.6 Å². The number of hydrogen-bond acceptors (Lipinski definition) is 4. The molecule has 2 saturated heterocycles. The Morgan fingerprint density at radius 1 is 1.00 bits per heavy atom. The number of rotatable bonds is 1. The van der Waals surface area contributed by atoms with Gasteiger partial charge in [-0.2, -0.15) is 0 Å². The minimum atomic E-state index is -0.296. The molecule has 18 heavy (non-hydrogen) atoms. The van der Waals surface area contributed by atoms with Crippen molar-refractivity contribution in [2.75, 3.05) is 6.61 Å². The average molecular weight is 254 g/mol. The van der Waals surface area contributed by atoms with Gasteiger partial charge in [-0.15, -0.1) is 0 Å². The Morgan fingerprint density at radius 2 is 1.83 bits per heavy atom. The van der Waals surface area contributed by atoms with Crippen molar-refractivity contribution >= 4 is 0 Å². The fraction of sp³-hybridized carbons (Fsp3) is 1.00. The van der Waals surface area contributed by atoms with E-state index in [-0.39, 0.29) is 24.1 Å². The van der Waals surface area contributed by atoms with E-state index in [1.165, 1.54) is 19.3 Å². The molecule has 2 aliphatic heterocycles. The lowest BCUT2D eigenvalue weighted by Crippen LogP contribution is -2.38. The average Bonchev–Trinajstić information content (AvgIpc) is 3.04. The van der Waals surface area contributed by atoms with Crippen molar-refractivity contribution in [2.24, 2.45) is 5.92 Å². The van der Waals surface area contributed by atoms with E-state index >= 15 is 0 Å². The molecule has 4 heteroatoms. The van der Waals surface area contributed by atoms with Crippen molar-refractivity contribution in [3.8, 4) is 0 Å². The largest absolute Gasteiger partial charge is 0.393 e. The molecule has 0 aromatic rings. The summed E-state index contributed by atoms with van der Waals surface area (Å²) in [5.41, 5.74) is 0. The minimum absolute atomic E-state index is 0.132. The predicted molar refractivity (Wildman–Crippen MR) is 64.0 cm³/mol. The third-order valence-electron chi connectivity index (χ3n) is 5.06. The second-order valence-electron chi connectivity index (χ2n) is 6.37. The number of aliphatic hydroxyl groups excluding tert-OH is 1. The molecule has 4 rings (SSSR count). The highest BCUT2D eigenvalue weighted by molar-refractivity contribution is 5.02. The Bertz CT molecular complexity index is 326. The highest BCUT2D eigenvalue weighted by Gasteiger charge is 2.56. The lowest BCUT2D eigenvalue weighted by atomic mass is 9.83. The van der Waals surface area contributed by atoms with Crippen LogP contribution in [0.1, 0.15) is 44.9 Å². The SMILES string of the molecule is OC1CC([C@H]2COC3(CCCCC3)O2)C2O[C@@H]2C1. The van der Waals surface area contributed by atoms with Crippen LogP contribution in [0.2, 0.25) is 0 Å². The van der Waals surface area contributed by atoms with Crippen molar-refractivity contribution in [3.63, 3.8) is 0 Å². The Balaban J connectivity index is 1.44. The van der Waals surface area contributed by atoms with Gasteiger partial charge in [0, 0.05) is 25.2 Å². The zero-order valence-electron chi connectivity index (χ0n) is 10.7. The summed E-state index contributed by atoms with van der Waals surface area (Å²) in [5.74, 6) is 0.0375. The quantitative estimate of drug-likeness (QED) is 0.722. The van der Waals surface area contributed by atoms with Crippen LogP contribution in [0.25, 0.3) is 0 Å². The van der Waals surface area contributed by atoms with Gasteiger partial charge in [-0.05, 0) is 19.3 Å². The predicted octanol–water partition coefficient (Wildman–Crippen LogP) is 1.60. The monoisotopic (exact) mass is 254 g/mol. The molecule has 0 aromatic carbocycles. The molecule has 4 nitrogen and oxygen atoms in total. The maximum absolute atomic E-state index is 9.86. The Morgan fingerprint density at radius 3 is 2.67 bits per heavy atom. The van der Waals surface area contributed by atoms with Crippen LogP contribution in [0, 0.1) is 5.92 Å². The highest BCUT2D eigenvalue weighted by Crippen LogP contribution is 2.47. The van der Waals surface area contributed by atoms with Gasteiger partial charge in [0.15, 0.2) is 5.79 Å². The molecule has 0 aromatic heterocycles. The molecule has 1 N–H and O–H groups in total. The summed E-state index contributed by atoms with van der Waals surface area (Å²) in [6.45, 7) is 0.684. The first-order valence-electron chi connectivity index (χ1n) is 7.41. The molecular formula is C14H22O4. The van der Waals surface area contributed by atoms with Gasteiger partial charge in [-0.3, -0.25) is 0 Å². The molecule has 102 valence electrons. The maximum Gasteiger partial charge on any atom is 0.168 e. The lowest BCUT2D eigenvalue weighted by molar-refractivity contribution is -0.193. The minimum Gasteiger partial charge on any atom is -0.393 e. The zero-order chi connectivity index (χ0) is 12.2. The smallest absolute Gasteiger partial charge is 0.168 e. The van der Waals surface area contributed by atoms with Crippen molar-refractivity contribution < 1.29 is 19.3 Å². The second kappa shape index (κ2) is 4.17. The molecule has 4 aliphatic rings. The number of fused-ring (bicyclic) bond motifs is 1. The molecule has 0 bridgehead atoms. The van der Waals surface area contributed by atoms with Crippen LogP contribution in [-0.4, -0.2) is 41.9 Å². The number of epoxide rings is 1. The van der Waals surface area contributed by atoms with Crippen molar-refractivity contribution in [1.82, 2.24) is 0 Å². The third-order valence-corrected chi connectivity index (χ3v) is 5.06. The Kier molecular flexibility index (Phi) is 2.70. The molecule has 2 aliphatic carbocycles. The Labute approximate surface area is 108 Å². The number of ether oxygens (including phenoxy) is 3. The van der Waals surface area contributed by atoms with E-state index in [1.54, 1.807) is 0 Å². The van der Waals surface area contributed by atoms with Gasteiger partial charge in [0.2, 0.25) is 0 Å². The number of hydrogen-bond donors (Lipinski definition) is 1. The van der Waals surface area contributed by atoms with Crippen molar-refractivity contribution in [1.29, 1.82) is 0 Å². The molecule has 2 heterocycles. The van der Waals surface area contributed by atoms with Gasteiger partial charge in [0.1, 0.15) is 0 Å². The van der Waals surface area contributed by atoms with Gasteiger partial charge in [-0.25, -0.2) is 0 Å². The van der Waals surface area contributed by atoms with Gasteiger partial charge in [-0.1, -0.05) is 6.42 Å². The van der Waals surface area contributed by atoms with Crippen LogP contribution in [-0.2, 0) is 14.2 Å². The van der Waals surface area contributed by atoms with Gasteiger partial charge in [0.05, 0.1) is 31.0 Å². The summed E-state index contributed by atoms with van der Waals surface area (Å²) in [6, 6.07) is 0. The molecule has 4 fully saturated rings. The van der Waals surface area contributed by atoms with E-state index in [9.17, 15) is 5.11 Å². The standard InChI is InChI=1S/C14H22O4/c15-9-6-10(13-11(7-9)17-13)12-8-16-14(18-12)4-2-1-3-5-14/h9-13,15H,1-8H2/t9?,10?,11-,12-,13?/m1/s1. The fourth-order valence-corrected chi connectivity index (χ4v) is 4.04.